The predicted molar refractivity (Wildman–Crippen MR) is 106 cm³/mol. The van der Waals surface area contributed by atoms with Gasteiger partial charge in [-0.2, -0.15) is 0 Å². The number of hydroxylamine groups is 1. The minimum atomic E-state index is -0.692. The third-order valence-electron chi connectivity index (χ3n) is 4.69. The van der Waals surface area contributed by atoms with Gasteiger partial charge in [-0.05, 0) is 17.7 Å². The van der Waals surface area contributed by atoms with Crippen molar-refractivity contribution >= 4 is 17.4 Å². The van der Waals surface area contributed by atoms with Crippen LogP contribution < -0.4 is 15.1 Å². The molecule has 140 valence electrons. The maximum atomic E-state index is 13.2. The molecule has 3 aromatic rings. The summed E-state index contributed by atoms with van der Waals surface area (Å²) in [6.45, 7) is 0.378. The second-order valence-corrected chi connectivity index (χ2v) is 6.48. The van der Waals surface area contributed by atoms with E-state index in [2.05, 4.69) is 0 Å². The summed E-state index contributed by atoms with van der Waals surface area (Å²) in [5.74, 6) is 0.459. The minimum Gasteiger partial charge on any atom is -0.474 e. The van der Waals surface area contributed by atoms with Gasteiger partial charge in [-0.1, -0.05) is 66.7 Å². The molecule has 0 radical (unpaired) electrons. The maximum absolute atomic E-state index is 13.2. The molecule has 3 N–H and O–H groups in total. The number of amides is 1. The maximum Gasteiger partial charge on any atom is 0.273 e. The third kappa shape index (κ3) is 3.33. The lowest BCUT2D eigenvalue weighted by Gasteiger charge is -2.34. The van der Waals surface area contributed by atoms with Crippen LogP contribution in [0.1, 0.15) is 22.8 Å². The Morgan fingerprint density at radius 2 is 1.68 bits per heavy atom. The van der Waals surface area contributed by atoms with Crippen LogP contribution in [-0.2, 0) is 11.3 Å². The van der Waals surface area contributed by atoms with Gasteiger partial charge in [-0.3, -0.25) is 20.9 Å². The van der Waals surface area contributed by atoms with Crippen molar-refractivity contribution in [3.8, 4) is 5.75 Å². The molecule has 28 heavy (non-hydrogen) atoms. The van der Waals surface area contributed by atoms with Gasteiger partial charge in [0.2, 0.25) is 6.10 Å². The number of hydrogen-bond donors (Lipinski definition) is 3. The first-order valence-corrected chi connectivity index (χ1v) is 8.87. The molecular formula is C22H19N3O3. The molecule has 6 heteroatoms. The smallest absolute Gasteiger partial charge is 0.273 e. The van der Waals surface area contributed by atoms with Gasteiger partial charge in [0.05, 0.1) is 12.2 Å². The van der Waals surface area contributed by atoms with Crippen molar-refractivity contribution in [1.29, 1.82) is 5.41 Å². The molecule has 1 unspecified atom stereocenters. The van der Waals surface area contributed by atoms with E-state index in [1.165, 1.54) is 0 Å². The monoisotopic (exact) mass is 373 g/mol. The molecule has 0 saturated carbocycles. The quantitative estimate of drug-likeness (QED) is 0.370. The van der Waals surface area contributed by atoms with Crippen LogP contribution >= 0.6 is 0 Å². The van der Waals surface area contributed by atoms with E-state index in [-0.39, 0.29) is 11.7 Å². The standard InChI is InChI=1S/C22H19N3O3/c23-21(24-27)17-12-10-15(11-13-17)14-25-18-8-4-5-9-19(18)28-20(22(25)26)16-6-2-1-3-7-16/h1-13,20,27H,14H2,(H2,23,24). The van der Waals surface area contributed by atoms with Crippen LogP contribution in [-0.4, -0.2) is 17.0 Å². The first-order chi connectivity index (χ1) is 13.7. The molecule has 1 aliphatic heterocycles. The second-order valence-electron chi connectivity index (χ2n) is 6.48. The molecule has 1 aliphatic rings. The van der Waals surface area contributed by atoms with Crippen LogP contribution in [0.15, 0.2) is 78.9 Å². The number of ether oxygens (including phenoxy) is 1. The van der Waals surface area contributed by atoms with Crippen molar-refractivity contribution in [1.82, 2.24) is 5.48 Å². The molecule has 0 fully saturated rings. The van der Waals surface area contributed by atoms with Crippen molar-refractivity contribution in [2.45, 2.75) is 12.6 Å². The molecule has 1 amide bonds. The van der Waals surface area contributed by atoms with Gasteiger partial charge in [0.15, 0.2) is 0 Å². The van der Waals surface area contributed by atoms with Crippen molar-refractivity contribution in [2.24, 2.45) is 0 Å². The van der Waals surface area contributed by atoms with Gasteiger partial charge >= 0.3 is 0 Å². The Bertz CT molecular complexity index is 1000. The summed E-state index contributed by atoms with van der Waals surface area (Å²) in [6, 6.07) is 24.1. The Labute approximate surface area is 162 Å². The molecule has 4 rings (SSSR count). The summed E-state index contributed by atoms with van der Waals surface area (Å²) in [5, 5.41) is 16.5. The number of nitrogens with one attached hydrogen (secondary N) is 2. The zero-order valence-electron chi connectivity index (χ0n) is 15.0. The summed E-state index contributed by atoms with van der Waals surface area (Å²) in [5.41, 5.74) is 4.83. The average molecular weight is 373 g/mol. The summed E-state index contributed by atoms with van der Waals surface area (Å²) in [7, 11) is 0. The molecule has 3 aromatic carbocycles. The van der Waals surface area contributed by atoms with Crippen LogP contribution in [0.4, 0.5) is 5.69 Å². The number of carbonyl (C=O) groups is 1. The highest BCUT2D eigenvalue weighted by Gasteiger charge is 2.35. The number of fused-ring (bicyclic) bond motifs is 1. The van der Waals surface area contributed by atoms with Gasteiger partial charge in [0.1, 0.15) is 11.6 Å². The van der Waals surface area contributed by atoms with Crippen molar-refractivity contribution in [2.75, 3.05) is 4.90 Å². The number of carbonyl (C=O) groups excluding carboxylic acids is 1. The molecule has 1 heterocycles. The lowest BCUT2D eigenvalue weighted by molar-refractivity contribution is -0.126. The molecule has 0 saturated heterocycles. The topological polar surface area (TPSA) is 85.7 Å². The van der Waals surface area contributed by atoms with Crippen LogP contribution in [0, 0.1) is 5.41 Å². The molecule has 0 aliphatic carbocycles. The van der Waals surface area contributed by atoms with Crippen molar-refractivity contribution in [3.05, 3.63) is 95.6 Å². The van der Waals surface area contributed by atoms with Gasteiger partial charge < -0.3 is 9.64 Å². The number of nitrogens with zero attached hydrogens (tertiary/aromatic N) is 1. The molecule has 0 spiro atoms. The first kappa shape index (κ1) is 17.8. The highest BCUT2D eigenvalue weighted by atomic mass is 16.5. The Morgan fingerprint density at radius 3 is 2.39 bits per heavy atom. The number of amidine groups is 1. The van der Waals surface area contributed by atoms with Crippen molar-refractivity contribution in [3.63, 3.8) is 0 Å². The number of para-hydroxylation sites is 2. The number of hydrogen-bond acceptors (Lipinski definition) is 4. The van der Waals surface area contributed by atoms with Gasteiger partial charge in [-0.25, -0.2) is 0 Å². The van der Waals surface area contributed by atoms with E-state index in [0.29, 0.717) is 17.9 Å². The van der Waals surface area contributed by atoms with E-state index < -0.39 is 6.10 Å². The van der Waals surface area contributed by atoms with Gasteiger partial charge in [0.25, 0.3) is 5.91 Å². The van der Waals surface area contributed by atoms with Crippen LogP contribution in [0.2, 0.25) is 0 Å². The number of rotatable bonds is 4. The van der Waals surface area contributed by atoms with E-state index >= 15 is 0 Å². The highest BCUT2D eigenvalue weighted by molar-refractivity contribution is 6.00. The molecule has 0 aromatic heterocycles. The van der Waals surface area contributed by atoms with Crippen LogP contribution in [0.25, 0.3) is 0 Å². The Hall–Kier alpha value is -3.64. The number of anilines is 1. The Balaban J connectivity index is 1.66. The third-order valence-corrected chi connectivity index (χ3v) is 4.69. The fourth-order valence-corrected chi connectivity index (χ4v) is 3.24. The molecule has 1 atom stereocenters. The molecular weight excluding hydrogens is 354 g/mol. The lowest BCUT2D eigenvalue weighted by Crippen LogP contribution is -2.40. The van der Waals surface area contributed by atoms with Gasteiger partial charge in [-0.15, -0.1) is 0 Å². The summed E-state index contributed by atoms with van der Waals surface area (Å²) in [6.07, 6.45) is -0.692. The van der Waals surface area contributed by atoms with Gasteiger partial charge in [0, 0.05) is 11.1 Å². The van der Waals surface area contributed by atoms with Crippen molar-refractivity contribution < 1.29 is 14.7 Å². The first-order valence-electron chi connectivity index (χ1n) is 8.87. The lowest BCUT2D eigenvalue weighted by atomic mass is 10.0. The fourth-order valence-electron chi connectivity index (χ4n) is 3.24. The van der Waals surface area contributed by atoms with Crippen LogP contribution in [0.3, 0.4) is 0 Å². The van der Waals surface area contributed by atoms with Crippen LogP contribution in [0.5, 0.6) is 5.75 Å². The molecule has 6 nitrogen and oxygen atoms in total. The summed E-state index contributed by atoms with van der Waals surface area (Å²) in [4.78, 5) is 15.0. The molecule has 0 bridgehead atoms. The largest absolute Gasteiger partial charge is 0.474 e. The summed E-state index contributed by atoms with van der Waals surface area (Å²) < 4.78 is 6.01. The van der Waals surface area contributed by atoms with E-state index in [1.54, 1.807) is 17.0 Å². The zero-order chi connectivity index (χ0) is 19.5. The van der Waals surface area contributed by atoms with E-state index in [0.717, 1.165) is 16.8 Å². The van der Waals surface area contributed by atoms with E-state index in [1.807, 2.05) is 72.2 Å². The number of benzene rings is 3. The zero-order valence-corrected chi connectivity index (χ0v) is 15.0. The fraction of sp³-hybridized carbons (Fsp3) is 0.0909. The predicted octanol–water partition coefficient (Wildman–Crippen LogP) is 3.66. The minimum absolute atomic E-state index is 0.0801. The Kier molecular flexibility index (Phi) is 4.78. The van der Waals surface area contributed by atoms with E-state index in [9.17, 15) is 4.79 Å². The Morgan fingerprint density at radius 1 is 1.00 bits per heavy atom. The average Bonchev–Trinajstić information content (AvgIpc) is 2.76. The van der Waals surface area contributed by atoms with E-state index in [4.69, 9.17) is 15.4 Å². The highest BCUT2D eigenvalue weighted by Crippen LogP contribution is 2.39. The SMILES string of the molecule is N=C(NO)c1ccc(CN2C(=O)C(c3ccccc3)Oc3ccccc32)cc1. The second kappa shape index (κ2) is 7.54. The normalized spacial score (nSPS) is 15.5. The summed E-state index contributed by atoms with van der Waals surface area (Å²) >= 11 is 0.